The molecule has 76 valence electrons. The van der Waals surface area contributed by atoms with Gasteiger partial charge in [-0.3, -0.25) is 0 Å². The van der Waals surface area contributed by atoms with Crippen molar-refractivity contribution in [3.63, 3.8) is 0 Å². The summed E-state index contributed by atoms with van der Waals surface area (Å²) >= 11 is 0. The van der Waals surface area contributed by atoms with E-state index in [-0.39, 0.29) is 5.97 Å². The summed E-state index contributed by atoms with van der Waals surface area (Å²) in [4.78, 5) is 11.4. The van der Waals surface area contributed by atoms with E-state index in [1.807, 2.05) is 26.0 Å². The Morgan fingerprint density at radius 2 is 1.86 bits per heavy atom. The fourth-order valence-corrected chi connectivity index (χ4v) is 1.45. The molecule has 0 bridgehead atoms. The lowest BCUT2D eigenvalue weighted by molar-refractivity contribution is 0.0596. The lowest BCUT2D eigenvalue weighted by Gasteiger charge is -2.10. The summed E-state index contributed by atoms with van der Waals surface area (Å²) in [6, 6.07) is 3.74. The van der Waals surface area contributed by atoms with Gasteiger partial charge in [-0.1, -0.05) is 6.07 Å². The summed E-state index contributed by atoms with van der Waals surface area (Å²) in [5, 5.41) is 0. The fraction of sp³-hybridized carbons (Fsp3) is 0.364. The molecule has 1 rings (SSSR count). The van der Waals surface area contributed by atoms with Crippen molar-refractivity contribution >= 4 is 5.97 Å². The molecule has 0 aromatic heterocycles. The number of carbonyl (C=O) groups is 1. The van der Waals surface area contributed by atoms with Crippen LogP contribution in [-0.4, -0.2) is 20.2 Å². The Morgan fingerprint density at radius 1 is 1.21 bits per heavy atom. The smallest absolute Gasteiger partial charge is 0.341 e. The Labute approximate surface area is 83.6 Å². The highest BCUT2D eigenvalue weighted by atomic mass is 16.5. The molecular weight excluding hydrogens is 180 g/mol. The van der Waals surface area contributed by atoms with E-state index in [4.69, 9.17) is 4.74 Å². The Hall–Kier alpha value is -1.51. The SMILES string of the molecule is COC(=O)c1c(C)cc(C)cc1OC. The lowest BCUT2D eigenvalue weighted by atomic mass is 10.0. The zero-order valence-corrected chi connectivity index (χ0v) is 8.88. The fourth-order valence-electron chi connectivity index (χ4n) is 1.45. The third-order valence-corrected chi connectivity index (χ3v) is 2.05. The topological polar surface area (TPSA) is 35.5 Å². The Morgan fingerprint density at radius 3 is 2.36 bits per heavy atom. The van der Waals surface area contributed by atoms with Gasteiger partial charge in [-0.2, -0.15) is 0 Å². The molecule has 0 amide bonds. The van der Waals surface area contributed by atoms with Crippen LogP contribution < -0.4 is 4.74 Å². The van der Waals surface area contributed by atoms with E-state index in [1.54, 1.807) is 7.11 Å². The van der Waals surface area contributed by atoms with Gasteiger partial charge in [-0.25, -0.2) is 4.79 Å². The van der Waals surface area contributed by atoms with Gasteiger partial charge in [0.25, 0.3) is 0 Å². The monoisotopic (exact) mass is 194 g/mol. The number of benzene rings is 1. The number of aryl methyl sites for hydroxylation is 2. The normalized spacial score (nSPS) is 9.71. The Bertz CT molecular complexity index is 356. The molecule has 0 radical (unpaired) electrons. The maximum atomic E-state index is 11.4. The second-order valence-electron chi connectivity index (χ2n) is 3.15. The number of methoxy groups -OCH3 is 2. The zero-order valence-electron chi connectivity index (χ0n) is 8.88. The van der Waals surface area contributed by atoms with Crippen molar-refractivity contribution in [1.82, 2.24) is 0 Å². The molecule has 0 aliphatic heterocycles. The highest BCUT2D eigenvalue weighted by Gasteiger charge is 2.15. The first kappa shape index (κ1) is 10.6. The van der Waals surface area contributed by atoms with Crippen molar-refractivity contribution in [2.24, 2.45) is 0 Å². The molecule has 0 aliphatic carbocycles. The van der Waals surface area contributed by atoms with Crippen LogP contribution in [0.5, 0.6) is 5.75 Å². The Kier molecular flexibility index (Phi) is 3.12. The standard InChI is InChI=1S/C11H14O3/c1-7-5-8(2)10(11(12)14-4)9(6-7)13-3/h5-6H,1-4H3. The third kappa shape index (κ3) is 1.87. The molecule has 0 aliphatic rings. The summed E-state index contributed by atoms with van der Waals surface area (Å²) in [5.41, 5.74) is 2.43. The summed E-state index contributed by atoms with van der Waals surface area (Å²) in [7, 11) is 2.90. The summed E-state index contributed by atoms with van der Waals surface area (Å²) in [5.74, 6) is 0.203. The largest absolute Gasteiger partial charge is 0.496 e. The molecule has 1 aromatic carbocycles. The second kappa shape index (κ2) is 4.13. The van der Waals surface area contributed by atoms with Crippen LogP contribution in [0.1, 0.15) is 21.5 Å². The Balaban J connectivity index is 3.32. The third-order valence-electron chi connectivity index (χ3n) is 2.05. The van der Waals surface area contributed by atoms with Crippen LogP contribution in [-0.2, 0) is 4.74 Å². The van der Waals surface area contributed by atoms with E-state index in [9.17, 15) is 4.79 Å². The first-order chi connectivity index (χ1) is 6.60. The van der Waals surface area contributed by atoms with E-state index in [0.29, 0.717) is 11.3 Å². The van der Waals surface area contributed by atoms with Gasteiger partial charge in [0.05, 0.1) is 14.2 Å². The van der Waals surface area contributed by atoms with E-state index in [1.165, 1.54) is 7.11 Å². The number of ether oxygens (including phenoxy) is 2. The highest BCUT2D eigenvalue weighted by Crippen LogP contribution is 2.24. The molecule has 0 N–H and O–H groups in total. The van der Waals surface area contributed by atoms with E-state index < -0.39 is 0 Å². The van der Waals surface area contributed by atoms with Gasteiger partial charge < -0.3 is 9.47 Å². The molecular formula is C11H14O3. The van der Waals surface area contributed by atoms with Crippen LogP contribution >= 0.6 is 0 Å². The van der Waals surface area contributed by atoms with Crippen molar-refractivity contribution in [2.45, 2.75) is 13.8 Å². The number of esters is 1. The molecule has 0 saturated heterocycles. The summed E-state index contributed by atoms with van der Waals surface area (Å²) in [6.45, 7) is 3.82. The number of rotatable bonds is 2. The predicted molar refractivity (Wildman–Crippen MR) is 53.8 cm³/mol. The first-order valence-corrected chi connectivity index (χ1v) is 4.33. The van der Waals surface area contributed by atoms with E-state index >= 15 is 0 Å². The number of hydrogen-bond acceptors (Lipinski definition) is 3. The van der Waals surface area contributed by atoms with Crippen molar-refractivity contribution in [2.75, 3.05) is 14.2 Å². The molecule has 1 aromatic rings. The van der Waals surface area contributed by atoms with Crippen molar-refractivity contribution < 1.29 is 14.3 Å². The zero-order chi connectivity index (χ0) is 10.7. The van der Waals surface area contributed by atoms with Crippen LogP contribution in [0.4, 0.5) is 0 Å². The van der Waals surface area contributed by atoms with Crippen molar-refractivity contribution in [3.8, 4) is 5.75 Å². The number of hydrogen-bond donors (Lipinski definition) is 0. The van der Waals surface area contributed by atoms with Crippen molar-refractivity contribution in [1.29, 1.82) is 0 Å². The molecule has 14 heavy (non-hydrogen) atoms. The quantitative estimate of drug-likeness (QED) is 0.676. The van der Waals surface area contributed by atoms with Gasteiger partial charge in [0.1, 0.15) is 11.3 Å². The molecule has 0 fully saturated rings. The minimum absolute atomic E-state index is 0.362. The molecule has 3 heteroatoms. The maximum Gasteiger partial charge on any atom is 0.341 e. The predicted octanol–water partition coefficient (Wildman–Crippen LogP) is 2.10. The van der Waals surface area contributed by atoms with Crippen LogP contribution in [0, 0.1) is 13.8 Å². The van der Waals surface area contributed by atoms with Crippen LogP contribution in [0.25, 0.3) is 0 Å². The van der Waals surface area contributed by atoms with Crippen LogP contribution in [0.15, 0.2) is 12.1 Å². The molecule has 0 saturated carbocycles. The van der Waals surface area contributed by atoms with Gasteiger partial charge in [-0.05, 0) is 31.0 Å². The van der Waals surface area contributed by atoms with E-state index in [2.05, 4.69) is 4.74 Å². The first-order valence-electron chi connectivity index (χ1n) is 4.33. The van der Waals surface area contributed by atoms with Gasteiger partial charge in [0, 0.05) is 0 Å². The lowest BCUT2D eigenvalue weighted by Crippen LogP contribution is -2.06. The second-order valence-corrected chi connectivity index (χ2v) is 3.15. The molecule has 0 heterocycles. The van der Waals surface area contributed by atoms with Crippen LogP contribution in [0.3, 0.4) is 0 Å². The summed E-state index contributed by atoms with van der Waals surface area (Å²) in [6.07, 6.45) is 0. The molecule has 0 unspecified atom stereocenters. The highest BCUT2D eigenvalue weighted by molar-refractivity contribution is 5.94. The van der Waals surface area contributed by atoms with Gasteiger partial charge >= 0.3 is 5.97 Å². The minimum Gasteiger partial charge on any atom is -0.496 e. The van der Waals surface area contributed by atoms with Crippen LogP contribution in [0.2, 0.25) is 0 Å². The molecule has 0 atom stereocenters. The molecule has 3 nitrogen and oxygen atoms in total. The van der Waals surface area contributed by atoms with Gasteiger partial charge in [-0.15, -0.1) is 0 Å². The average Bonchev–Trinajstić information content (AvgIpc) is 2.15. The van der Waals surface area contributed by atoms with E-state index in [0.717, 1.165) is 11.1 Å². The van der Waals surface area contributed by atoms with Gasteiger partial charge in [0.2, 0.25) is 0 Å². The summed E-state index contributed by atoms with van der Waals surface area (Å²) < 4.78 is 9.81. The number of carbonyl (C=O) groups excluding carboxylic acids is 1. The molecule has 0 spiro atoms. The van der Waals surface area contributed by atoms with Crippen molar-refractivity contribution in [3.05, 3.63) is 28.8 Å². The minimum atomic E-state index is -0.362. The van der Waals surface area contributed by atoms with Gasteiger partial charge in [0.15, 0.2) is 0 Å². The maximum absolute atomic E-state index is 11.4. The average molecular weight is 194 g/mol.